The van der Waals surface area contributed by atoms with Gasteiger partial charge in [0, 0.05) is 56.7 Å². The standard InChI is InChI=1S/C20H26ClN3O/c1-16-13-19(21)3-4-20(16)25-12-11-23-7-9-24(10-8-23)15-18-5-6-22-14-17(18)2/h3-6,13-14H,7-12,15H2,1-2H3. The summed E-state index contributed by atoms with van der Waals surface area (Å²) in [5, 5.41) is 0.755. The van der Waals surface area contributed by atoms with E-state index in [9.17, 15) is 0 Å². The minimum atomic E-state index is 0.714. The molecular weight excluding hydrogens is 334 g/mol. The minimum Gasteiger partial charge on any atom is -0.492 e. The van der Waals surface area contributed by atoms with Crippen LogP contribution >= 0.6 is 11.6 Å². The lowest BCUT2D eigenvalue weighted by Gasteiger charge is -2.34. The lowest BCUT2D eigenvalue weighted by molar-refractivity contribution is 0.112. The minimum absolute atomic E-state index is 0.714. The molecule has 0 N–H and O–H groups in total. The van der Waals surface area contributed by atoms with Crippen LogP contribution in [0.4, 0.5) is 0 Å². The molecule has 0 unspecified atom stereocenters. The Kier molecular flexibility index (Phi) is 6.29. The van der Waals surface area contributed by atoms with Crippen LogP contribution in [-0.4, -0.2) is 54.1 Å². The smallest absolute Gasteiger partial charge is 0.122 e. The largest absolute Gasteiger partial charge is 0.492 e. The van der Waals surface area contributed by atoms with Gasteiger partial charge in [-0.25, -0.2) is 0 Å². The molecule has 2 heterocycles. The van der Waals surface area contributed by atoms with E-state index in [2.05, 4.69) is 27.8 Å². The van der Waals surface area contributed by atoms with E-state index in [4.69, 9.17) is 16.3 Å². The van der Waals surface area contributed by atoms with Crippen molar-refractivity contribution in [3.05, 3.63) is 58.4 Å². The number of rotatable bonds is 6. The fraction of sp³-hybridized carbons (Fsp3) is 0.450. The van der Waals surface area contributed by atoms with Crippen molar-refractivity contribution in [1.82, 2.24) is 14.8 Å². The summed E-state index contributed by atoms with van der Waals surface area (Å²) in [7, 11) is 0. The van der Waals surface area contributed by atoms with Gasteiger partial charge in [0.15, 0.2) is 0 Å². The quantitative estimate of drug-likeness (QED) is 0.788. The number of benzene rings is 1. The van der Waals surface area contributed by atoms with Crippen LogP contribution in [0.25, 0.3) is 0 Å². The average Bonchev–Trinajstić information content (AvgIpc) is 2.60. The van der Waals surface area contributed by atoms with Gasteiger partial charge in [-0.15, -0.1) is 0 Å². The van der Waals surface area contributed by atoms with Crippen LogP contribution in [0, 0.1) is 13.8 Å². The Hall–Kier alpha value is -1.62. The molecule has 0 aliphatic carbocycles. The predicted octanol–water partition coefficient (Wildman–Crippen LogP) is 3.55. The summed E-state index contributed by atoms with van der Waals surface area (Å²) in [5.74, 6) is 0.927. The van der Waals surface area contributed by atoms with Crippen molar-refractivity contribution >= 4 is 11.6 Å². The molecule has 1 saturated heterocycles. The van der Waals surface area contributed by atoms with Crippen LogP contribution in [0.5, 0.6) is 5.75 Å². The third kappa shape index (κ3) is 5.18. The second-order valence-electron chi connectivity index (χ2n) is 6.68. The molecular formula is C20H26ClN3O. The van der Waals surface area contributed by atoms with Gasteiger partial charge in [0.1, 0.15) is 12.4 Å². The highest BCUT2D eigenvalue weighted by Gasteiger charge is 2.17. The highest BCUT2D eigenvalue weighted by atomic mass is 35.5. The summed E-state index contributed by atoms with van der Waals surface area (Å²) in [4.78, 5) is 9.16. The Morgan fingerprint density at radius 3 is 2.52 bits per heavy atom. The molecule has 2 aromatic rings. The molecule has 3 rings (SSSR count). The normalized spacial score (nSPS) is 16.1. The maximum absolute atomic E-state index is 5.98. The van der Waals surface area contributed by atoms with Crippen molar-refractivity contribution in [2.24, 2.45) is 0 Å². The monoisotopic (exact) mass is 359 g/mol. The second-order valence-corrected chi connectivity index (χ2v) is 7.11. The summed E-state index contributed by atoms with van der Waals surface area (Å²) < 4.78 is 5.91. The summed E-state index contributed by atoms with van der Waals surface area (Å²) in [6.45, 7) is 11.2. The third-order valence-corrected chi connectivity index (χ3v) is 5.03. The second kappa shape index (κ2) is 8.65. The van der Waals surface area contributed by atoms with Gasteiger partial charge in [-0.05, 0) is 54.8 Å². The Morgan fingerprint density at radius 1 is 1.04 bits per heavy atom. The Labute approximate surface area is 155 Å². The highest BCUT2D eigenvalue weighted by molar-refractivity contribution is 6.30. The van der Waals surface area contributed by atoms with Gasteiger partial charge in [-0.3, -0.25) is 14.8 Å². The first kappa shape index (κ1) is 18.2. The number of ether oxygens (including phenoxy) is 1. The summed E-state index contributed by atoms with van der Waals surface area (Å²) in [6.07, 6.45) is 3.83. The van der Waals surface area contributed by atoms with E-state index in [1.165, 1.54) is 11.1 Å². The molecule has 0 atom stereocenters. The first-order chi connectivity index (χ1) is 12.1. The van der Waals surface area contributed by atoms with Crippen LogP contribution in [0.15, 0.2) is 36.7 Å². The molecule has 134 valence electrons. The van der Waals surface area contributed by atoms with Crippen LogP contribution in [0.2, 0.25) is 5.02 Å². The summed E-state index contributed by atoms with van der Waals surface area (Å²) >= 11 is 5.98. The van der Waals surface area contributed by atoms with Crippen molar-refractivity contribution < 1.29 is 4.74 Å². The number of hydrogen-bond acceptors (Lipinski definition) is 4. The maximum atomic E-state index is 5.98. The molecule has 0 spiro atoms. The van der Waals surface area contributed by atoms with Gasteiger partial charge in [0.2, 0.25) is 0 Å². The van der Waals surface area contributed by atoms with Crippen LogP contribution in [-0.2, 0) is 6.54 Å². The number of aryl methyl sites for hydroxylation is 2. The topological polar surface area (TPSA) is 28.6 Å². The van der Waals surface area contributed by atoms with Crippen LogP contribution in [0.3, 0.4) is 0 Å². The summed E-state index contributed by atoms with van der Waals surface area (Å²) in [6, 6.07) is 7.90. The van der Waals surface area contributed by atoms with Gasteiger partial charge in [0.25, 0.3) is 0 Å². The first-order valence-electron chi connectivity index (χ1n) is 8.85. The van der Waals surface area contributed by atoms with Gasteiger partial charge < -0.3 is 4.74 Å². The highest BCUT2D eigenvalue weighted by Crippen LogP contribution is 2.21. The molecule has 1 aliphatic rings. The van der Waals surface area contributed by atoms with Crippen molar-refractivity contribution in [1.29, 1.82) is 0 Å². The Bertz CT molecular complexity index is 699. The predicted molar refractivity (Wildman–Crippen MR) is 102 cm³/mol. The van der Waals surface area contributed by atoms with Crippen LogP contribution < -0.4 is 4.74 Å². The van der Waals surface area contributed by atoms with Crippen LogP contribution in [0.1, 0.15) is 16.7 Å². The number of piperazine rings is 1. The lowest BCUT2D eigenvalue weighted by atomic mass is 10.1. The fourth-order valence-electron chi connectivity index (χ4n) is 3.15. The van der Waals surface area contributed by atoms with E-state index in [1.807, 2.05) is 37.5 Å². The molecule has 0 amide bonds. The van der Waals surface area contributed by atoms with Gasteiger partial charge in [0.05, 0.1) is 0 Å². The number of aromatic nitrogens is 1. The van der Waals surface area contributed by atoms with E-state index in [0.29, 0.717) is 6.61 Å². The van der Waals surface area contributed by atoms with Crippen molar-refractivity contribution in [3.63, 3.8) is 0 Å². The Balaban J connectivity index is 1.40. The number of hydrogen-bond donors (Lipinski definition) is 0. The molecule has 1 fully saturated rings. The number of halogens is 1. The average molecular weight is 360 g/mol. The molecule has 0 saturated carbocycles. The lowest BCUT2D eigenvalue weighted by Crippen LogP contribution is -2.47. The van der Waals surface area contributed by atoms with E-state index in [-0.39, 0.29) is 0 Å². The SMILES string of the molecule is Cc1cnccc1CN1CCN(CCOc2ccc(Cl)cc2C)CC1. The molecule has 4 nitrogen and oxygen atoms in total. The number of nitrogens with zero attached hydrogens (tertiary/aromatic N) is 3. The third-order valence-electron chi connectivity index (χ3n) is 4.80. The van der Waals surface area contributed by atoms with Crippen molar-refractivity contribution in [2.45, 2.75) is 20.4 Å². The molecule has 0 radical (unpaired) electrons. The van der Waals surface area contributed by atoms with Gasteiger partial charge in [-0.1, -0.05) is 11.6 Å². The molecule has 0 bridgehead atoms. The first-order valence-corrected chi connectivity index (χ1v) is 9.23. The zero-order valence-electron chi connectivity index (χ0n) is 15.0. The maximum Gasteiger partial charge on any atom is 0.122 e. The van der Waals surface area contributed by atoms with Crippen molar-refractivity contribution in [3.8, 4) is 5.75 Å². The summed E-state index contributed by atoms with van der Waals surface area (Å²) in [5.41, 5.74) is 3.74. The molecule has 1 aromatic heterocycles. The molecule has 1 aromatic carbocycles. The van der Waals surface area contributed by atoms with Gasteiger partial charge >= 0.3 is 0 Å². The van der Waals surface area contributed by atoms with E-state index in [0.717, 1.165) is 55.6 Å². The molecule has 1 aliphatic heterocycles. The fourth-order valence-corrected chi connectivity index (χ4v) is 3.38. The zero-order valence-corrected chi connectivity index (χ0v) is 15.8. The Morgan fingerprint density at radius 2 is 1.80 bits per heavy atom. The van der Waals surface area contributed by atoms with Gasteiger partial charge in [-0.2, -0.15) is 0 Å². The molecule has 25 heavy (non-hydrogen) atoms. The van der Waals surface area contributed by atoms with E-state index < -0.39 is 0 Å². The zero-order chi connectivity index (χ0) is 17.6. The van der Waals surface area contributed by atoms with Crippen molar-refractivity contribution in [2.75, 3.05) is 39.3 Å². The van der Waals surface area contributed by atoms with E-state index in [1.54, 1.807) is 0 Å². The van der Waals surface area contributed by atoms with E-state index >= 15 is 0 Å². The molecule has 5 heteroatoms. The number of pyridine rings is 1.